The van der Waals surface area contributed by atoms with Crippen molar-refractivity contribution in [2.45, 2.75) is 6.92 Å². The first kappa shape index (κ1) is 15.4. The van der Waals surface area contributed by atoms with E-state index in [9.17, 15) is 4.79 Å². The molecule has 0 aliphatic carbocycles. The van der Waals surface area contributed by atoms with Crippen LogP contribution in [0.1, 0.15) is 22.8 Å². The minimum Gasteiger partial charge on any atom is -0.478 e. The van der Waals surface area contributed by atoms with Crippen LogP contribution in [0.3, 0.4) is 0 Å². The molecule has 0 bridgehead atoms. The Morgan fingerprint density at radius 2 is 1.86 bits per heavy atom. The minimum absolute atomic E-state index is 0.132. The molecule has 0 unspecified atom stereocenters. The van der Waals surface area contributed by atoms with Gasteiger partial charge in [0.1, 0.15) is 0 Å². The second kappa shape index (κ2) is 6.61. The van der Waals surface area contributed by atoms with Gasteiger partial charge in [0.2, 0.25) is 0 Å². The van der Waals surface area contributed by atoms with Gasteiger partial charge in [-0.2, -0.15) is 5.10 Å². The lowest BCUT2D eigenvalue weighted by molar-refractivity contribution is 0.0697. The van der Waals surface area contributed by atoms with Gasteiger partial charge in [0.15, 0.2) is 0 Å². The third kappa shape index (κ3) is 3.74. The van der Waals surface area contributed by atoms with Gasteiger partial charge in [-0.05, 0) is 31.2 Å². The minimum atomic E-state index is -1.03. The molecule has 0 aliphatic heterocycles. The summed E-state index contributed by atoms with van der Waals surface area (Å²) in [6.07, 6.45) is 0. The van der Waals surface area contributed by atoms with Crippen LogP contribution in [0, 0.1) is 0 Å². The molecule has 0 radical (unpaired) electrons. The number of benzene rings is 2. The normalized spacial score (nSPS) is 11.3. The van der Waals surface area contributed by atoms with Crippen molar-refractivity contribution in [3.8, 4) is 0 Å². The number of carboxylic acid groups (broad SMARTS) is 1. The second-order valence-corrected chi connectivity index (χ2v) is 5.10. The van der Waals surface area contributed by atoms with Crippen LogP contribution in [0.4, 0.5) is 5.69 Å². The molecule has 2 aromatic carbocycles. The number of carboxylic acids is 1. The molecule has 0 amide bonds. The van der Waals surface area contributed by atoms with Crippen molar-refractivity contribution in [3.63, 3.8) is 0 Å². The first-order chi connectivity index (χ1) is 9.99. The highest BCUT2D eigenvalue weighted by molar-refractivity contribution is 6.34. The van der Waals surface area contributed by atoms with Crippen molar-refractivity contribution in [1.82, 2.24) is 0 Å². The average molecular weight is 323 g/mol. The average Bonchev–Trinajstić information content (AvgIpc) is 2.46. The van der Waals surface area contributed by atoms with Gasteiger partial charge < -0.3 is 5.11 Å². The standard InChI is InChI=1S/C15H12Cl2N2O2/c1-9(11-4-2-3-5-12(11)16)18-19-14-8-10(15(20)21)6-7-13(14)17/h2-8,19H,1H3,(H,20,21)/b18-9-. The molecule has 21 heavy (non-hydrogen) atoms. The Kier molecular flexibility index (Phi) is 4.83. The van der Waals surface area contributed by atoms with Gasteiger partial charge in [0.05, 0.1) is 22.0 Å². The van der Waals surface area contributed by atoms with Crippen molar-refractivity contribution < 1.29 is 9.90 Å². The number of hydrogen-bond acceptors (Lipinski definition) is 3. The van der Waals surface area contributed by atoms with Crippen molar-refractivity contribution in [1.29, 1.82) is 0 Å². The van der Waals surface area contributed by atoms with Crippen LogP contribution in [0.25, 0.3) is 0 Å². The molecule has 2 aromatic rings. The van der Waals surface area contributed by atoms with Crippen LogP contribution in [-0.4, -0.2) is 16.8 Å². The zero-order valence-electron chi connectivity index (χ0n) is 11.1. The summed E-state index contributed by atoms with van der Waals surface area (Å²) in [6, 6.07) is 11.7. The maximum atomic E-state index is 10.9. The van der Waals surface area contributed by atoms with Crippen LogP contribution in [-0.2, 0) is 0 Å². The van der Waals surface area contributed by atoms with E-state index in [0.717, 1.165) is 5.56 Å². The molecule has 0 saturated carbocycles. The van der Waals surface area contributed by atoms with Gasteiger partial charge in [-0.3, -0.25) is 5.43 Å². The van der Waals surface area contributed by atoms with Gasteiger partial charge >= 0.3 is 5.97 Å². The molecule has 0 aromatic heterocycles. The highest BCUT2D eigenvalue weighted by atomic mass is 35.5. The molecule has 0 heterocycles. The topological polar surface area (TPSA) is 61.7 Å². The zero-order chi connectivity index (χ0) is 15.4. The second-order valence-electron chi connectivity index (χ2n) is 4.29. The Bertz CT molecular complexity index is 715. The number of halogens is 2. The molecule has 0 saturated heterocycles. The monoisotopic (exact) mass is 322 g/mol. The van der Waals surface area contributed by atoms with Gasteiger partial charge in [0, 0.05) is 10.6 Å². The molecule has 4 nitrogen and oxygen atoms in total. The van der Waals surface area contributed by atoms with Crippen LogP contribution in [0.15, 0.2) is 47.6 Å². The smallest absolute Gasteiger partial charge is 0.335 e. The van der Waals surface area contributed by atoms with Crippen molar-refractivity contribution in [3.05, 3.63) is 63.6 Å². The van der Waals surface area contributed by atoms with E-state index < -0.39 is 5.97 Å². The number of nitrogens with one attached hydrogen (secondary N) is 1. The summed E-state index contributed by atoms with van der Waals surface area (Å²) in [5.41, 5.74) is 4.77. The van der Waals surface area contributed by atoms with E-state index in [4.69, 9.17) is 28.3 Å². The summed E-state index contributed by atoms with van der Waals surface area (Å²) in [5.74, 6) is -1.03. The van der Waals surface area contributed by atoms with Gasteiger partial charge in [0.25, 0.3) is 0 Å². The van der Waals surface area contributed by atoms with Gasteiger partial charge in [-0.25, -0.2) is 4.79 Å². The van der Waals surface area contributed by atoms with E-state index in [1.807, 2.05) is 18.2 Å². The van der Waals surface area contributed by atoms with Crippen molar-refractivity contribution >= 4 is 40.6 Å². The first-order valence-electron chi connectivity index (χ1n) is 6.07. The van der Waals surface area contributed by atoms with E-state index >= 15 is 0 Å². The molecule has 2 rings (SSSR count). The fourth-order valence-corrected chi connectivity index (χ4v) is 2.14. The number of hydrazone groups is 1. The number of rotatable bonds is 4. The Labute approximate surface area is 132 Å². The highest BCUT2D eigenvalue weighted by Gasteiger charge is 2.07. The molecule has 0 fully saturated rings. The molecule has 0 aliphatic rings. The number of anilines is 1. The van der Waals surface area contributed by atoms with E-state index in [1.54, 1.807) is 13.0 Å². The van der Waals surface area contributed by atoms with Gasteiger partial charge in [-0.15, -0.1) is 0 Å². The Hall–Kier alpha value is -2.04. The maximum Gasteiger partial charge on any atom is 0.335 e. The summed E-state index contributed by atoms with van der Waals surface area (Å²) in [6.45, 7) is 1.79. The predicted molar refractivity (Wildman–Crippen MR) is 85.7 cm³/mol. The molecular formula is C15H12Cl2N2O2. The Morgan fingerprint density at radius 3 is 2.52 bits per heavy atom. The Morgan fingerprint density at radius 1 is 1.14 bits per heavy atom. The summed E-state index contributed by atoms with van der Waals surface area (Å²) in [4.78, 5) is 10.9. The van der Waals surface area contributed by atoms with Crippen molar-refractivity contribution in [2.24, 2.45) is 5.10 Å². The highest BCUT2D eigenvalue weighted by Crippen LogP contribution is 2.23. The number of carbonyl (C=O) groups is 1. The largest absolute Gasteiger partial charge is 0.478 e. The lowest BCUT2D eigenvalue weighted by Gasteiger charge is -2.07. The Balaban J connectivity index is 2.26. The number of hydrogen-bond donors (Lipinski definition) is 2. The maximum absolute atomic E-state index is 10.9. The SMILES string of the molecule is C/C(=N/Nc1cc(C(=O)O)ccc1Cl)c1ccccc1Cl. The summed E-state index contributed by atoms with van der Waals surface area (Å²) < 4.78 is 0. The fourth-order valence-electron chi connectivity index (χ4n) is 1.70. The molecule has 108 valence electrons. The van der Waals surface area contributed by atoms with Crippen LogP contribution < -0.4 is 5.43 Å². The summed E-state index contributed by atoms with van der Waals surface area (Å²) in [5, 5.41) is 14.1. The number of nitrogens with zero attached hydrogens (tertiary/aromatic N) is 1. The zero-order valence-corrected chi connectivity index (χ0v) is 12.6. The lowest BCUT2D eigenvalue weighted by atomic mass is 10.1. The van der Waals surface area contributed by atoms with Gasteiger partial charge in [-0.1, -0.05) is 41.4 Å². The van der Waals surface area contributed by atoms with Crippen LogP contribution in [0.5, 0.6) is 0 Å². The third-order valence-electron chi connectivity index (χ3n) is 2.82. The fraction of sp³-hybridized carbons (Fsp3) is 0.0667. The molecular weight excluding hydrogens is 311 g/mol. The van der Waals surface area contributed by atoms with E-state index in [-0.39, 0.29) is 5.56 Å². The third-order valence-corrected chi connectivity index (χ3v) is 3.48. The van der Waals surface area contributed by atoms with E-state index in [0.29, 0.717) is 21.4 Å². The predicted octanol–water partition coefficient (Wildman–Crippen LogP) is 4.53. The summed E-state index contributed by atoms with van der Waals surface area (Å²) in [7, 11) is 0. The molecule has 0 spiro atoms. The van der Waals surface area contributed by atoms with Crippen LogP contribution in [0.2, 0.25) is 10.0 Å². The summed E-state index contributed by atoms with van der Waals surface area (Å²) >= 11 is 12.1. The number of aromatic carboxylic acids is 1. The lowest BCUT2D eigenvalue weighted by Crippen LogP contribution is -2.02. The quantitative estimate of drug-likeness (QED) is 0.642. The molecule has 2 N–H and O–H groups in total. The van der Waals surface area contributed by atoms with E-state index in [1.165, 1.54) is 18.2 Å². The molecule has 0 atom stereocenters. The van der Waals surface area contributed by atoms with Crippen LogP contribution >= 0.6 is 23.2 Å². The molecule has 6 heteroatoms. The van der Waals surface area contributed by atoms with E-state index in [2.05, 4.69) is 10.5 Å². The first-order valence-corrected chi connectivity index (χ1v) is 6.82. The van der Waals surface area contributed by atoms with Crippen molar-refractivity contribution in [2.75, 3.05) is 5.43 Å².